The van der Waals surface area contributed by atoms with Crippen molar-refractivity contribution in [2.24, 2.45) is 0 Å². The molecule has 0 spiro atoms. The van der Waals surface area contributed by atoms with Gasteiger partial charge in [-0.25, -0.2) is 25.3 Å². The summed E-state index contributed by atoms with van der Waals surface area (Å²) in [6.07, 6.45) is 0. The third-order valence-electron chi connectivity index (χ3n) is 0. The molecule has 13 heteroatoms. The Morgan fingerprint density at radius 3 is 0.538 bits per heavy atom. The van der Waals surface area contributed by atoms with Crippen LogP contribution in [-0.4, -0.2) is 38.9 Å². The van der Waals surface area contributed by atoms with Crippen LogP contribution >= 0.6 is 0 Å². The number of thiol groups is 3. The van der Waals surface area contributed by atoms with Crippen molar-refractivity contribution >= 4 is 33.0 Å². The van der Waals surface area contributed by atoms with Gasteiger partial charge in [-0.05, 0) is 0 Å². The van der Waals surface area contributed by atoms with Crippen molar-refractivity contribution in [2.75, 3.05) is 0 Å². The average molecular weight is 295 g/mol. The molecule has 0 bridgehead atoms. The summed E-state index contributed by atoms with van der Waals surface area (Å²) in [5, 5.41) is 0. The molecule has 0 aromatic heterocycles. The first-order chi connectivity index (χ1) is 5.20. The number of rotatable bonds is 0. The van der Waals surface area contributed by atoms with Crippen LogP contribution in [0, 0.1) is 0 Å². The van der Waals surface area contributed by atoms with Crippen LogP contribution in [-0.2, 0) is 50.3 Å². The first-order valence-electron chi connectivity index (χ1n) is 1.64. The molecule has 0 amide bonds. The van der Waals surface area contributed by atoms with Gasteiger partial charge in [0.25, 0.3) is 0 Å². The molecule has 0 aliphatic rings. The Kier molecular flexibility index (Phi) is 32.4. The summed E-state index contributed by atoms with van der Waals surface area (Å²) in [5.41, 5.74) is 0. The summed E-state index contributed by atoms with van der Waals surface area (Å²) in [6.45, 7) is 0. The fourth-order valence-corrected chi connectivity index (χ4v) is 0. The van der Waals surface area contributed by atoms with Crippen LogP contribution in [0.25, 0.3) is 0 Å². The predicted octanol–water partition coefficient (Wildman–Crippen LogP) is -3.82. The van der Waals surface area contributed by atoms with E-state index in [2.05, 4.69) is 0 Å². The molecule has 0 unspecified atom stereocenters. The number of hydrogen-bond donors (Lipinski definition) is 3. The molecule has 1 radical (unpaired) electrons. The van der Waals surface area contributed by atoms with Gasteiger partial charge >= 0.3 is 17.4 Å². The second-order valence-corrected chi connectivity index (χ2v) is 2.01. The third kappa shape index (κ3) is 18700. The molecule has 0 heterocycles. The van der Waals surface area contributed by atoms with Crippen molar-refractivity contribution in [2.45, 2.75) is 0 Å². The largest absolute Gasteiger partial charge is 3.00 e. The maximum Gasteiger partial charge on any atom is 3.00 e. The van der Waals surface area contributed by atoms with E-state index >= 15 is 0 Å². The Balaban J connectivity index is -0.0000000450. The summed E-state index contributed by atoms with van der Waals surface area (Å²) >= 11 is 0. The van der Waals surface area contributed by atoms with E-state index in [1.165, 1.54) is 0 Å². The van der Waals surface area contributed by atoms with E-state index in [0.29, 0.717) is 0 Å². The Bertz CT molecular complexity index is 208. The second kappa shape index (κ2) is 18.1. The molecule has 0 saturated heterocycles. The Hall–Kier alpha value is 0.262. The molecule has 0 N–H and O–H groups in total. The molecule has 0 aromatic rings. The maximum atomic E-state index is 8.48. The minimum atomic E-state index is -3.37. The first-order valence-corrected chi connectivity index (χ1v) is 4.93. The molecule has 0 rings (SSSR count). The minimum absolute atomic E-state index is 0. The summed E-state index contributed by atoms with van der Waals surface area (Å²) in [5.74, 6) is 0. The Morgan fingerprint density at radius 2 is 0.538 bits per heavy atom. The molecule has 0 fully saturated rings. The van der Waals surface area contributed by atoms with E-state index in [9.17, 15) is 0 Å². The molecule has 81 valence electrons. The van der Waals surface area contributed by atoms with E-state index in [0.717, 1.165) is 0 Å². The van der Waals surface area contributed by atoms with Gasteiger partial charge < -0.3 is 13.7 Å². The van der Waals surface area contributed by atoms with Crippen molar-refractivity contribution in [3.05, 3.63) is 0 Å². The summed E-state index contributed by atoms with van der Waals surface area (Å²) < 4.78 is 76.3. The summed E-state index contributed by atoms with van der Waals surface area (Å²) in [7, 11) is -10.1. The fraction of sp³-hybridized carbons (Fsp3) is 0. The van der Waals surface area contributed by atoms with Gasteiger partial charge in [-0.3, -0.25) is 0 Å². The van der Waals surface area contributed by atoms with Gasteiger partial charge in [-0.1, -0.05) is 0 Å². The zero-order valence-corrected chi connectivity index (χ0v) is 9.38. The van der Waals surface area contributed by atoms with Crippen molar-refractivity contribution in [3.63, 3.8) is 0 Å². The monoisotopic (exact) mass is 295 g/mol. The van der Waals surface area contributed by atoms with Gasteiger partial charge in [-0.15, -0.1) is 0 Å². The van der Waals surface area contributed by atoms with Crippen molar-refractivity contribution in [3.8, 4) is 0 Å². The van der Waals surface area contributed by atoms with Crippen LogP contribution in [0.3, 0.4) is 0 Å². The fourth-order valence-electron chi connectivity index (χ4n) is 0. The standard InChI is InChI=1S/Cr.3H2O3S/c;3*1-4(2)3/h;3*4H,(H,1,2,3)/q+3;;;/p-3. The molecule has 0 aliphatic heterocycles. The van der Waals surface area contributed by atoms with E-state index in [1.807, 2.05) is 0 Å². The molecule has 0 aromatic carbocycles. The van der Waals surface area contributed by atoms with Gasteiger partial charge in [0, 0.05) is 0 Å². The number of hydrogen-bond acceptors (Lipinski definition) is 9. The molecule has 0 saturated carbocycles. The molecule has 0 atom stereocenters. The van der Waals surface area contributed by atoms with Crippen LogP contribution < -0.4 is 0 Å². The summed E-state index contributed by atoms with van der Waals surface area (Å²) in [4.78, 5) is 0. The average Bonchev–Trinajstić information content (AvgIpc) is 1.54. The predicted molar refractivity (Wildman–Crippen MR) is 33.3 cm³/mol. The zero-order valence-electron chi connectivity index (χ0n) is 5.42. The van der Waals surface area contributed by atoms with Crippen molar-refractivity contribution in [1.29, 1.82) is 0 Å². The molecule has 9 nitrogen and oxygen atoms in total. The van der Waals surface area contributed by atoms with Gasteiger partial charge in [0.15, 0.2) is 0 Å². The van der Waals surface area contributed by atoms with E-state index in [1.54, 1.807) is 0 Å². The van der Waals surface area contributed by atoms with Gasteiger partial charge in [0.2, 0.25) is 0 Å². The van der Waals surface area contributed by atoms with Gasteiger partial charge in [0.1, 0.15) is 0 Å². The minimum Gasteiger partial charge on any atom is -0.750 e. The van der Waals surface area contributed by atoms with Crippen LogP contribution in [0.1, 0.15) is 0 Å². The smallest absolute Gasteiger partial charge is 0.750 e. The second-order valence-electron chi connectivity index (χ2n) is 0.671. The quantitative estimate of drug-likeness (QED) is 0.299. The Morgan fingerprint density at radius 1 is 0.538 bits per heavy atom. The molecular weight excluding hydrogens is 292 g/mol. The van der Waals surface area contributed by atoms with Crippen molar-refractivity contribution in [1.82, 2.24) is 0 Å². The maximum absolute atomic E-state index is 8.48. The SMILES string of the molecule is O=[SH](=O)[O-].O=[SH](=O)[O-].O=[SH](=O)[O-].[Cr+3]. The Labute approximate surface area is 89.2 Å². The summed E-state index contributed by atoms with van der Waals surface area (Å²) in [6, 6.07) is 0. The molecule has 13 heavy (non-hydrogen) atoms. The van der Waals surface area contributed by atoms with E-state index in [-0.39, 0.29) is 17.4 Å². The van der Waals surface area contributed by atoms with E-state index in [4.69, 9.17) is 38.9 Å². The van der Waals surface area contributed by atoms with Gasteiger partial charge in [0.05, 0.1) is 33.0 Å². The first kappa shape index (κ1) is 23.2. The topological polar surface area (TPSA) is 172 Å². The van der Waals surface area contributed by atoms with Crippen LogP contribution in [0.4, 0.5) is 0 Å². The zero-order chi connectivity index (χ0) is 10.7. The van der Waals surface area contributed by atoms with Crippen LogP contribution in [0.15, 0.2) is 0 Å². The van der Waals surface area contributed by atoms with Crippen LogP contribution in [0.5, 0.6) is 0 Å². The van der Waals surface area contributed by atoms with Crippen molar-refractivity contribution < 1.29 is 56.3 Å². The van der Waals surface area contributed by atoms with E-state index < -0.39 is 33.0 Å². The molecular formula is H3CrO9S3. The third-order valence-corrected chi connectivity index (χ3v) is 0. The van der Waals surface area contributed by atoms with Gasteiger partial charge in [-0.2, -0.15) is 0 Å². The normalized spacial score (nSPS) is 7.85. The molecule has 0 aliphatic carbocycles. The van der Waals surface area contributed by atoms with Crippen LogP contribution in [0.2, 0.25) is 0 Å².